The van der Waals surface area contributed by atoms with Crippen molar-refractivity contribution in [2.45, 2.75) is 0 Å². The highest BCUT2D eigenvalue weighted by atomic mass is 32.1. The van der Waals surface area contributed by atoms with Crippen molar-refractivity contribution < 1.29 is 19.1 Å². The van der Waals surface area contributed by atoms with E-state index in [4.69, 9.17) is 26.5 Å². The Morgan fingerprint density at radius 1 is 1.15 bits per heavy atom. The molecular weight excluding hydrogens is 278 g/mol. The monoisotopic (exact) mass is 291 g/mol. The topological polar surface area (TPSA) is 49.7 Å². The Balaban J connectivity index is 1.89. The lowest BCUT2D eigenvalue weighted by Gasteiger charge is -2.08. The average molecular weight is 291 g/mol. The SMILES string of the molecule is COc1ccc(OCC(=O)On2ccccc2=S)cc1. The zero-order chi connectivity index (χ0) is 14.4. The van der Waals surface area contributed by atoms with E-state index in [0.717, 1.165) is 5.75 Å². The normalized spacial score (nSPS) is 9.85. The summed E-state index contributed by atoms with van der Waals surface area (Å²) in [6.45, 7) is -0.205. The average Bonchev–Trinajstić information content (AvgIpc) is 2.48. The molecule has 0 radical (unpaired) electrons. The van der Waals surface area contributed by atoms with Gasteiger partial charge in [0.1, 0.15) is 16.1 Å². The van der Waals surface area contributed by atoms with Crippen LogP contribution >= 0.6 is 12.2 Å². The van der Waals surface area contributed by atoms with Gasteiger partial charge < -0.3 is 14.3 Å². The third kappa shape index (κ3) is 3.83. The number of benzene rings is 1. The number of carbonyl (C=O) groups is 1. The number of ether oxygens (including phenoxy) is 2. The van der Waals surface area contributed by atoms with E-state index < -0.39 is 5.97 Å². The lowest BCUT2D eigenvalue weighted by molar-refractivity contribution is -0.146. The summed E-state index contributed by atoms with van der Waals surface area (Å²) >= 11 is 5.01. The molecule has 0 atom stereocenters. The Labute approximate surface area is 121 Å². The molecule has 0 fully saturated rings. The first kappa shape index (κ1) is 14.1. The van der Waals surface area contributed by atoms with Crippen molar-refractivity contribution in [2.24, 2.45) is 0 Å². The van der Waals surface area contributed by atoms with Crippen LogP contribution in [0.4, 0.5) is 0 Å². The maximum atomic E-state index is 11.6. The molecular formula is C14H13NO4S. The molecule has 1 aromatic heterocycles. The molecule has 1 heterocycles. The summed E-state index contributed by atoms with van der Waals surface area (Å²) in [7, 11) is 1.58. The molecule has 5 nitrogen and oxygen atoms in total. The molecule has 0 bridgehead atoms. The molecule has 0 saturated heterocycles. The van der Waals surface area contributed by atoms with Gasteiger partial charge in [0, 0.05) is 6.20 Å². The molecule has 20 heavy (non-hydrogen) atoms. The van der Waals surface area contributed by atoms with Gasteiger partial charge in [-0.2, -0.15) is 4.73 Å². The molecule has 1 aromatic carbocycles. The van der Waals surface area contributed by atoms with Gasteiger partial charge in [-0.1, -0.05) is 18.3 Å². The van der Waals surface area contributed by atoms with Gasteiger partial charge in [0.05, 0.1) is 7.11 Å². The zero-order valence-corrected chi connectivity index (χ0v) is 11.6. The highest BCUT2D eigenvalue weighted by molar-refractivity contribution is 7.71. The molecule has 0 aliphatic rings. The van der Waals surface area contributed by atoms with Crippen LogP contribution in [0.1, 0.15) is 0 Å². The minimum Gasteiger partial charge on any atom is -0.497 e. The standard InChI is InChI=1S/C14H13NO4S/c1-17-11-5-7-12(8-6-11)18-10-14(16)19-15-9-3-2-4-13(15)20/h2-9H,10H2,1H3. The molecule has 2 rings (SSSR count). The molecule has 0 saturated carbocycles. The van der Waals surface area contributed by atoms with E-state index in [0.29, 0.717) is 10.4 Å². The second kappa shape index (κ2) is 6.72. The van der Waals surface area contributed by atoms with Gasteiger partial charge in [0.25, 0.3) is 0 Å². The fourth-order valence-corrected chi connectivity index (χ4v) is 1.62. The van der Waals surface area contributed by atoms with Crippen molar-refractivity contribution in [1.29, 1.82) is 0 Å². The minimum atomic E-state index is -0.539. The number of aromatic nitrogens is 1. The van der Waals surface area contributed by atoms with Crippen molar-refractivity contribution in [1.82, 2.24) is 4.73 Å². The highest BCUT2D eigenvalue weighted by Gasteiger charge is 2.06. The van der Waals surface area contributed by atoms with Crippen LogP contribution in [0.3, 0.4) is 0 Å². The van der Waals surface area contributed by atoms with Crippen molar-refractivity contribution in [3.63, 3.8) is 0 Å². The predicted molar refractivity (Wildman–Crippen MR) is 75.3 cm³/mol. The summed E-state index contributed by atoms with van der Waals surface area (Å²) in [4.78, 5) is 16.7. The molecule has 104 valence electrons. The lowest BCUT2D eigenvalue weighted by atomic mass is 10.3. The van der Waals surface area contributed by atoms with Crippen LogP contribution < -0.4 is 14.3 Å². The second-order valence-electron chi connectivity index (χ2n) is 3.79. The maximum absolute atomic E-state index is 11.6. The molecule has 2 aromatic rings. The number of methoxy groups -OCH3 is 1. The zero-order valence-electron chi connectivity index (χ0n) is 10.8. The van der Waals surface area contributed by atoms with E-state index in [1.54, 1.807) is 55.8 Å². The summed E-state index contributed by atoms with van der Waals surface area (Å²) in [5.41, 5.74) is 0. The largest absolute Gasteiger partial charge is 0.497 e. The molecule has 0 spiro atoms. The molecule has 0 amide bonds. The van der Waals surface area contributed by atoms with Crippen molar-refractivity contribution in [2.75, 3.05) is 13.7 Å². The van der Waals surface area contributed by atoms with Crippen LogP contribution in [0, 0.1) is 4.64 Å². The van der Waals surface area contributed by atoms with Crippen LogP contribution in [-0.4, -0.2) is 24.4 Å². The van der Waals surface area contributed by atoms with Gasteiger partial charge in [-0.3, -0.25) is 0 Å². The van der Waals surface area contributed by atoms with Crippen LogP contribution in [0.15, 0.2) is 48.7 Å². The van der Waals surface area contributed by atoms with Gasteiger partial charge in [-0.25, -0.2) is 4.79 Å². The molecule has 0 N–H and O–H groups in total. The molecule has 0 unspecified atom stereocenters. The molecule has 6 heteroatoms. The Morgan fingerprint density at radius 2 is 1.85 bits per heavy atom. The fraction of sp³-hybridized carbons (Fsp3) is 0.143. The lowest BCUT2D eigenvalue weighted by Crippen LogP contribution is -2.25. The van der Waals surface area contributed by atoms with Crippen LogP contribution in [0.25, 0.3) is 0 Å². The summed E-state index contributed by atoms with van der Waals surface area (Å²) in [6, 6.07) is 12.0. The number of hydrogen-bond acceptors (Lipinski definition) is 5. The van der Waals surface area contributed by atoms with Gasteiger partial charge in [-0.05, 0) is 36.4 Å². The van der Waals surface area contributed by atoms with E-state index in [1.807, 2.05) is 0 Å². The van der Waals surface area contributed by atoms with Crippen molar-refractivity contribution in [3.8, 4) is 11.5 Å². The number of hydrogen-bond donors (Lipinski definition) is 0. The minimum absolute atomic E-state index is 0.205. The van der Waals surface area contributed by atoms with E-state index >= 15 is 0 Å². The van der Waals surface area contributed by atoms with Gasteiger partial charge in [-0.15, -0.1) is 0 Å². The van der Waals surface area contributed by atoms with E-state index in [9.17, 15) is 4.79 Å². The van der Waals surface area contributed by atoms with Crippen molar-refractivity contribution >= 4 is 18.2 Å². The third-order valence-electron chi connectivity index (χ3n) is 2.40. The van der Waals surface area contributed by atoms with Crippen molar-refractivity contribution in [3.05, 3.63) is 53.3 Å². The van der Waals surface area contributed by atoms with E-state index in [1.165, 1.54) is 4.73 Å². The quantitative estimate of drug-likeness (QED) is 0.791. The first-order valence-corrected chi connectivity index (χ1v) is 6.25. The summed E-state index contributed by atoms with van der Waals surface area (Å²) in [6.07, 6.45) is 1.56. The highest BCUT2D eigenvalue weighted by Crippen LogP contribution is 2.16. The maximum Gasteiger partial charge on any atom is 0.369 e. The Hall–Kier alpha value is -2.34. The summed E-state index contributed by atoms with van der Waals surface area (Å²) in [5, 5.41) is 0. The van der Waals surface area contributed by atoms with Gasteiger partial charge in [0.15, 0.2) is 6.61 Å². The fourth-order valence-electron chi connectivity index (χ4n) is 1.44. The van der Waals surface area contributed by atoms with Crippen LogP contribution in [0.5, 0.6) is 11.5 Å². The molecule has 0 aliphatic heterocycles. The first-order valence-electron chi connectivity index (χ1n) is 5.85. The Kier molecular flexibility index (Phi) is 4.73. The Bertz CT molecular complexity index is 636. The molecule has 0 aliphatic carbocycles. The number of pyridine rings is 1. The van der Waals surface area contributed by atoms with Gasteiger partial charge in [0.2, 0.25) is 0 Å². The summed E-state index contributed by atoms with van der Waals surface area (Å²) < 4.78 is 12.0. The van der Waals surface area contributed by atoms with E-state index in [-0.39, 0.29) is 6.61 Å². The number of rotatable bonds is 5. The number of nitrogens with zero attached hydrogens (tertiary/aromatic N) is 1. The predicted octanol–water partition coefficient (Wildman–Crippen LogP) is 2.26. The third-order valence-corrected chi connectivity index (χ3v) is 2.72. The number of carbonyl (C=O) groups excluding carboxylic acids is 1. The second-order valence-corrected chi connectivity index (χ2v) is 4.21. The Morgan fingerprint density at radius 3 is 2.50 bits per heavy atom. The first-order chi connectivity index (χ1) is 9.69. The van der Waals surface area contributed by atoms with E-state index in [2.05, 4.69) is 0 Å². The smallest absolute Gasteiger partial charge is 0.369 e. The summed E-state index contributed by atoms with van der Waals surface area (Å²) in [5.74, 6) is 0.734. The van der Waals surface area contributed by atoms with Crippen LogP contribution in [-0.2, 0) is 4.79 Å². The van der Waals surface area contributed by atoms with Gasteiger partial charge >= 0.3 is 5.97 Å². The van der Waals surface area contributed by atoms with Crippen LogP contribution in [0.2, 0.25) is 0 Å².